The monoisotopic (exact) mass is 274 g/mol. The van der Waals surface area contributed by atoms with Crippen LogP contribution in [0, 0.1) is 0 Å². The number of benzene rings is 1. The molecule has 0 amide bonds. The lowest BCUT2D eigenvalue weighted by molar-refractivity contribution is -0.188. The van der Waals surface area contributed by atoms with Gasteiger partial charge in [0.15, 0.2) is 0 Å². The third kappa shape index (κ3) is 3.61. The topological polar surface area (TPSA) is 24.5 Å². The number of hydrogen-bond acceptors (Lipinski definition) is 3. The fraction of sp³-hybridized carbons (Fsp3) is 0.538. The highest BCUT2D eigenvalue weighted by Gasteiger charge is 2.44. The number of piperazine rings is 1. The van der Waals surface area contributed by atoms with Crippen molar-refractivity contribution in [3.8, 4) is 5.75 Å². The predicted octanol–water partition coefficient (Wildman–Crippen LogP) is 2.03. The smallest absolute Gasteiger partial charge is 0.405 e. The summed E-state index contributed by atoms with van der Waals surface area (Å²) in [7, 11) is 1.56. The van der Waals surface area contributed by atoms with E-state index in [0.717, 1.165) is 5.56 Å². The van der Waals surface area contributed by atoms with Gasteiger partial charge in [0, 0.05) is 26.2 Å². The summed E-state index contributed by atoms with van der Waals surface area (Å²) in [5.74, 6) is 0.705. The lowest BCUT2D eigenvalue weighted by Crippen LogP contribution is -2.57. The first-order valence-electron chi connectivity index (χ1n) is 6.15. The van der Waals surface area contributed by atoms with Gasteiger partial charge in [-0.3, -0.25) is 4.90 Å². The maximum absolute atomic E-state index is 12.9. The fourth-order valence-electron chi connectivity index (χ4n) is 2.22. The van der Waals surface area contributed by atoms with Gasteiger partial charge in [-0.05, 0) is 17.7 Å². The Morgan fingerprint density at radius 2 is 2.00 bits per heavy atom. The summed E-state index contributed by atoms with van der Waals surface area (Å²) < 4.78 is 43.8. The van der Waals surface area contributed by atoms with Crippen LogP contribution in [-0.2, 0) is 6.54 Å². The van der Waals surface area contributed by atoms with Crippen molar-refractivity contribution in [1.82, 2.24) is 10.2 Å². The highest BCUT2D eigenvalue weighted by atomic mass is 19.4. The Morgan fingerprint density at radius 3 is 2.58 bits per heavy atom. The van der Waals surface area contributed by atoms with E-state index in [9.17, 15) is 13.2 Å². The zero-order valence-electron chi connectivity index (χ0n) is 10.7. The molecule has 1 aromatic carbocycles. The van der Waals surface area contributed by atoms with Gasteiger partial charge >= 0.3 is 6.18 Å². The van der Waals surface area contributed by atoms with Crippen LogP contribution >= 0.6 is 0 Å². The lowest BCUT2D eigenvalue weighted by atomic mass is 10.1. The van der Waals surface area contributed by atoms with Crippen molar-refractivity contribution in [2.45, 2.75) is 18.8 Å². The highest BCUT2D eigenvalue weighted by molar-refractivity contribution is 5.27. The maximum Gasteiger partial charge on any atom is 0.405 e. The van der Waals surface area contributed by atoms with Gasteiger partial charge in [-0.1, -0.05) is 12.1 Å². The van der Waals surface area contributed by atoms with Gasteiger partial charge in [-0.25, -0.2) is 0 Å². The summed E-state index contributed by atoms with van der Waals surface area (Å²) in [6, 6.07) is 5.71. The Labute approximate surface area is 110 Å². The van der Waals surface area contributed by atoms with Crippen LogP contribution in [-0.4, -0.2) is 43.9 Å². The quantitative estimate of drug-likeness (QED) is 0.912. The van der Waals surface area contributed by atoms with Gasteiger partial charge in [0.25, 0.3) is 0 Å². The van der Waals surface area contributed by atoms with Crippen LogP contribution in [0.4, 0.5) is 13.2 Å². The molecule has 0 bridgehead atoms. The molecule has 0 aromatic heterocycles. The summed E-state index contributed by atoms with van der Waals surface area (Å²) in [5.41, 5.74) is 0.858. The minimum atomic E-state index is -4.19. The summed E-state index contributed by atoms with van der Waals surface area (Å²) in [6.45, 7) is 1.24. The molecule has 1 N–H and O–H groups in total. The van der Waals surface area contributed by atoms with E-state index < -0.39 is 12.2 Å². The number of nitrogens with one attached hydrogen (secondary N) is 1. The third-order valence-corrected chi connectivity index (χ3v) is 3.28. The zero-order chi connectivity index (χ0) is 13.9. The molecule has 1 atom stereocenters. The standard InChI is InChI=1S/C13H17F3N2O/c1-19-11-4-2-10(3-5-11)9-18-7-6-17-8-12(18)13(14,15)16/h2-5,12,17H,6-9H2,1H3. The van der Waals surface area contributed by atoms with E-state index in [-0.39, 0.29) is 6.54 Å². The second-order valence-electron chi connectivity index (χ2n) is 4.58. The van der Waals surface area contributed by atoms with E-state index in [1.807, 2.05) is 0 Å². The Morgan fingerprint density at radius 1 is 1.32 bits per heavy atom. The minimum absolute atomic E-state index is 0.0420. The summed E-state index contributed by atoms with van der Waals surface area (Å²) in [4.78, 5) is 1.47. The Bertz CT molecular complexity index is 405. The van der Waals surface area contributed by atoms with Crippen LogP contribution in [0.2, 0.25) is 0 Å². The molecule has 0 aliphatic carbocycles. The van der Waals surface area contributed by atoms with Crippen LogP contribution in [0.3, 0.4) is 0 Å². The first kappa shape index (κ1) is 14.1. The average molecular weight is 274 g/mol. The molecule has 1 unspecified atom stereocenters. The van der Waals surface area contributed by atoms with Gasteiger partial charge in [0.2, 0.25) is 0 Å². The van der Waals surface area contributed by atoms with Gasteiger partial charge in [-0.15, -0.1) is 0 Å². The Kier molecular flexibility index (Phi) is 4.31. The molecule has 1 heterocycles. The van der Waals surface area contributed by atoms with Gasteiger partial charge < -0.3 is 10.1 Å². The molecule has 106 valence electrons. The van der Waals surface area contributed by atoms with Gasteiger partial charge in [-0.2, -0.15) is 13.2 Å². The molecule has 6 heteroatoms. The largest absolute Gasteiger partial charge is 0.497 e. The highest BCUT2D eigenvalue weighted by Crippen LogP contribution is 2.27. The fourth-order valence-corrected chi connectivity index (χ4v) is 2.22. The lowest BCUT2D eigenvalue weighted by Gasteiger charge is -2.37. The molecular formula is C13H17F3N2O. The molecule has 1 aliphatic rings. The normalized spacial score (nSPS) is 21.4. The van der Waals surface area contributed by atoms with Gasteiger partial charge in [0.1, 0.15) is 11.8 Å². The maximum atomic E-state index is 12.9. The second kappa shape index (κ2) is 5.79. The molecule has 2 rings (SSSR count). The second-order valence-corrected chi connectivity index (χ2v) is 4.58. The van der Waals surface area contributed by atoms with Crippen LogP contribution in [0.15, 0.2) is 24.3 Å². The average Bonchev–Trinajstić information content (AvgIpc) is 2.39. The van der Waals surface area contributed by atoms with E-state index in [1.165, 1.54) is 4.90 Å². The SMILES string of the molecule is COc1ccc(CN2CCNCC2C(F)(F)F)cc1. The van der Waals surface area contributed by atoms with Crippen molar-refractivity contribution in [3.63, 3.8) is 0 Å². The Hall–Kier alpha value is -1.27. The molecule has 3 nitrogen and oxygen atoms in total. The predicted molar refractivity (Wildman–Crippen MR) is 66.1 cm³/mol. The van der Waals surface area contributed by atoms with E-state index in [1.54, 1.807) is 31.4 Å². The number of halogens is 3. The summed E-state index contributed by atoms with van der Waals surface area (Å²) >= 11 is 0. The van der Waals surface area contributed by atoms with E-state index in [4.69, 9.17) is 4.74 Å². The first-order chi connectivity index (χ1) is 9.00. The third-order valence-electron chi connectivity index (χ3n) is 3.28. The molecule has 0 saturated carbocycles. The van der Waals surface area contributed by atoms with Crippen LogP contribution in [0.1, 0.15) is 5.56 Å². The summed E-state index contributed by atoms with van der Waals surface area (Å²) in [5, 5.41) is 2.79. The van der Waals surface area contributed by atoms with Crippen molar-refractivity contribution >= 4 is 0 Å². The van der Waals surface area contributed by atoms with E-state index in [2.05, 4.69) is 5.32 Å². The molecule has 1 aliphatic heterocycles. The molecular weight excluding hydrogens is 257 g/mol. The molecule has 1 aromatic rings. The van der Waals surface area contributed by atoms with Crippen molar-refractivity contribution in [1.29, 1.82) is 0 Å². The van der Waals surface area contributed by atoms with Crippen molar-refractivity contribution in [2.75, 3.05) is 26.7 Å². The van der Waals surface area contributed by atoms with Crippen molar-refractivity contribution < 1.29 is 17.9 Å². The molecule has 0 radical (unpaired) electrons. The Balaban J connectivity index is 2.06. The molecule has 19 heavy (non-hydrogen) atoms. The zero-order valence-corrected chi connectivity index (χ0v) is 10.7. The van der Waals surface area contributed by atoms with E-state index >= 15 is 0 Å². The van der Waals surface area contributed by atoms with Crippen molar-refractivity contribution in [2.24, 2.45) is 0 Å². The molecule has 1 saturated heterocycles. The van der Waals surface area contributed by atoms with Crippen LogP contribution < -0.4 is 10.1 Å². The first-order valence-corrected chi connectivity index (χ1v) is 6.15. The summed E-state index contributed by atoms with van der Waals surface area (Å²) in [6.07, 6.45) is -4.19. The number of alkyl halides is 3. The molecule has 1 fully saturated rings. The van der Waals surface area contributed by atoms with Crippen molar-refractivity contribution in [3.05, 3.63) is 29.8 Å². The number of ether oxygens (including phenoxy) is 1. The molecule has 0 spiro atoms. The van der Waals surface area contributed by atoms with Crippen LogP contribution in [0.5, 0.6) is 5.75 Å². The van der Waals surface area contributed by atoms with Crippen LogP contribution in [0.25, 0.3) is 0 Å². The number of nitrogens with zero attached hydrogens (tertiary/aromatic N) is 1. The number of hydrogen-bond donors (Lipinski definition) is 1. The number of methoxy groups -OCH3 is 1. The van der Waals surface area contributed by atoms with Gasteiger partial charge in [0.05, 0.1) is 7.11 Å². The number of rotatable bonds is 3. The van der Waals surface area contributed by atoms with E-state index in [0.29, 0.717) is 25.4 Å². The minimum Gasteiger partial charge on any atom is -0.497 e.